The summed E-state index contributed by atoms with van der Waals surface area (Å²) in [5, 5.41) is 14.7. The molecule has 1 amide bonds. The number of nitrogens with one attached hydrogen (secondary N) is 1. The first-order valence-corrected chi connectivity index (χ1v) is 9.73. The molecule has 162 valence electrons. The molecule has 1 aromatic heterocycles. The number of nitrogens with zero attached hydrogens (tertiary/aromatic N) is 1. The molecule has 0 spiro atoms. The zero-order valence-electron chi connectivity index (χ0n) is 18.1. The van der Waals surface area contributed by atoms with Gasteiger partial charge in [-0.1, -0.05) is 0 Å². The number of carbonyl (C=O) groups is 1. The molecule has 1 heterocycles. The number of fused-ring (bicyclic) bond motifs is 1. The quantitative estimate of drug-likeness (QED) is 0.309. The van der Waals surface area contributed by atoms with E-state index < -0.39 is 10.8 Å². The summed E-state index contributed by atoms with van der Waals surface area (Å²) < 4.78 is 16.7. The number of nitro groups is 1. The van der Waals surface area contributed by atoms with Gasteiger partial charge in [-0.15, -0.1) is 0 Å². The van der Waals surface area contributed by atoms with Gasteiger partial charge in [-0.25, -0.2) is 0 Å². The minimum absolute atomic E-state index is 0.146. The van der Waals surface area contributed by atoms with Crippen LogP contribution in [0.25, 0.3) is 16.5 Å². The highest BCUT2D eigenvalue weighted by Gasteiger charge is 2.18. The third kappa shape index (κ3) is 4.37. The van der Waals surface area contributed by atoms with Crippen LogP contribution in [0.3, 0.4) is 0 Å². The maximum absolute atomic E-state index is 12.7. The van der Waals surface area contributed by atoms with E-state index >= 15 is 0 Å². The Bertz CT molecular complexity index is 1190. The number of non-ortho nitro benzene ring substituents is 1. The predicted molar refractivity (Wildman–Crippen MR) is 119 cm³/mol. The number of benzene rings is 2. The number of hydrogen-bond donors (Lipinski definition) is 1. The Labute approximate surface area is 179 Å². The predicted octanol–water partition coefficient (Wildman–Crippen LogP) is 5.41. The number of hydrogen-bond acceptors (Lipinski definition) is 6. The van der Waals surface area contributed by atoms with Crippen LogP contribution in [-0.4, -0.2) is 24.5 Å². The van der Waals surface area contributed by atoms with E-state index in [2.05, 4.69) is 5.32 Å². The Hall–Kier alpha value is -3.81. The third-order valence-electron chi connectivity index (χ3n) is 4.95. The molecule has 0 aliphatic heterocycles. The average molecular weight is 424 g/mol. The molecule has 0 bridgehead atoms. The molecule has 3 rings (SSSR count). The fraction of sp³-hybridized carbons (Fsp3) is 0.261. The molecule has 31 heavy (non-hydrogen) atoms. The van der Waals surface area contributed by atoms with Crippen molar-refractivity contribution >= 4 is 33.8 Å². The van der Waals surface area contributed by atoms with Gasteiger partial charge in [-0.2, -0.15) is 0 Å². The van der Waals surface area contributed by atoms with Crippen molar-refractivity contribution in [1.29, 1.82) is 0 Å². The summed E-state index contributed by atoms with van der Waals surface area (Å²) in [6, 6.07) is 5.96. The minimum atomic E-state index is -0.532. The number of aryl methyl sites for hydroxylation is 2. The molecule has 0 aliphatic carbocycles. The number of amides is 1. The third-order valence-corrected chi connectivity index (χ3v) is 4.95. The van der Waals surface area contributed by atoms with Gasteiger partial charge in [0.25, 0.3) is 5.69 Å². The Morgan fingerprint density at radius 3 is 2.68 bits per heavy atom. The van der Waals surface area contributed by atoms with Gasteiger partial charge in [0.1, 0.15) is 17.1 Å². The van der Waals surface area contributed by atoms with Crippen molar-refractivity contribution in [2.45, 2.75) is 27.7 Å². The summed E-state index contributed by atoms with van der Waals surface area (Å²) in [6.45, 7) is 8.03. The van der Waals surface area contributed by atoms with Crippen molar-refractivity contribution in [3.05, 3.63) is 63.4 Å². The summed E-state index contributed by atoms with van der Waals surface area (Å²) in [4.78, 5) is 23.2. The normalized spacial score (nSPS) is 11.5. The van der Waals surface area contributed by atoms with Crippen LogP contribution in [0.2, 0.25) is 0 Å². The molecule has 8 heteroatoms. The topological polar surface area (TPSA) is 104 Å². The smallest absolute Gasteiger partial charge is 0.271 e. The van der Waals surface area contributed by atoms with Gasteiger partial charge in [0.2, 0.25) is 5.91 Å². The molecule has 0 radical (unpaired) electrons. The van der Waals surface area contributed by atoms with E-state index in [1.807, 2.05) is 33.8 Å². The van der Waals surface area contributed by atoms with Gasteiger partial charge >= 0.3 is 0 Å². The number of nitro benzene ring substituents is 1. The zero-order chi connectivity index (χ0) is 22.7. The number of allylic oxidation sites excluding steroid dienone is 1. The van der Waals surface area contributed by atoms with E-state index in [1.54, 1.807) is 6.26 Å². The minimum Gasteiger partial charge on any atom is -0.495 e. The Balaban J connectivity index is 1.99. The standard InChI is InChI=1S/C23H24N2O6/c1-6-30-22-15(4)23-18(14(3)12-31-23)11-17(22)13(2)9-21(26)24-19-10-16(25(27)28)7-8-20(19)29-5/h7-12H,6H2,1-5H3,(H,24,26)/b13-9+. The van der Waals surface area contributed by atoms with E-state index in [9.17, 15) is 14.9 Å². The fourth-order valence-corrected chi connectivity index (χ4v) is 3.41. The second-order valence-corrected chi connectivity index (χ2v) is 7.06. The summed E-state index contributed by atoms with van der Waals surface area (Å²) in [6.07, 6.45) is 3.12. The molecule has 1 N–H and O–H groups in total. The number of carbonyl (C=O) groups excluding carboxylic acids is 1. The van der Waals surface area contributed by atoms with Crippen LogP contribution in [0.4, 0.5) is 11.4 Å². The van der Waals surface area contributed by atoms with Crippen LogP contribution in [0.1, 0.15) is 30.5 Å². The van der Waals surface area contributed by atoms with Gasteiger partial charge in [0.05, 0.1) is 30.6 Å². The summed E-state index contributed by atoms with van der Waals surface area (Å²) in [5.41, 5.74) is 4.12. The lowest BCUT2D eigenvalue weighted by Gasteiger charge is -2.15. The summed E-state index contributed by atoms with van der Waals surface area (Å²) in [5.74, 6) is 0.533. The van der Waals surface area contributed by atoms with E-state index in [0.717, 1.165) is 27.7 Å². The second kappa shape index (κ2) is 8.91. The molecule has 3 aromatic rings. The monoisotopic (exact) mass is 424 g/mol. The summed E-state index contributed by atoms with van der Waals surface area (Å²) >= 11 is 0. The van der Waals surface area contributed by atoms with Crippen molar-refractivity contribution in [2.24, 2.45) is 0 Å². The van der Waals surface area contributed by atoms with Gasteiger partial charge in [0.15, 0.2) is 0 Å². The van der Waals surface area contributed by atoms with E-state index in [0.29, 0.717) is 23.7 Å². The van der Waals surface area contributed by atoms with Crippen LogP contribution >= 0.6 is 0 Å². The van der Waals surface area contributed by atoms with E-state index in [-0.39, 0.29) is 11.4 Å². The number of rotatable bonds is 7. The molecule has 2 aromatic carbocycles. The number of anilines is 1. The molecule has 0 unspecified atom stereocenters. The zero-order valence-corrected chi connectivity index (χ0v) is 18.1. The molecule has 0 aliphatic rings. The largest absolute Gasteiger partial charge is 0.495 e. The fourth-order valence-electron chi connectivity index (χ4n) is 3.41. The van der Waals surface area contributed by atoms with Crippen LogP contribution < -0.4 is 14.8 Å². The first-order chi connectivity index (χ1) is 14.8. The maximum atomic E-state index is 12.7. The maximum Gasteiger partial charge on any atom is 0.271 e. The van der Waals surface area contributed by atoms with Crippen molar-refractivity contribution in [2.75, 3.05) is 19.0 Å². The molecular formula is C23H24N2O6. The Morgan fingerprint density at radius 2 is 2.03 bits per heavy atom. The first kappa shape index (κ1) is 21.9. The Morgan fingerprint density at radius 1 is 1.29 bits per heavy atom. The van der Waals surface area contributed by atoms with Crippen LogP contribution in [0.15, 0.2) is 41.0 Å². The van der Waals surface area contributed by atoms with Crippen molar-refractivity contribution in [1.82, 2.24) is 0 Å². The lowest BCUT2D eigenvalue weighted by molar-refractivity contribution is -0.384. The Kier molecular flexibility index (Phi) is 6.29. The van der Waals surface area contributed by atoms with E-state index in [4.69, 9.17) is 13.9 Å². The van der Waals surface area contributed by atoms with Crippen molar-refractivity contribution in [3.8, 4) is 11.5 Å². The van der Waals surface area contributed by atoms with Crippen molar-refractivity contribution in [3.63, 3.8) is 0 Å². The van der Waals surface area contributed by atoms with Crippen molar-refractivity contribution < 1.29 is 23.6 Å². The molecule has 0 fully saturated rings. The van der Waals surface area contributed by atoms with Crippen LogP contribution in [-0.2, 0) is 4.79 Å². The van der Waals surface area contributed by atoms with Crippen LogP contribution in [0.5, 0.6) is 11.5 Å². The highest BCUT2D eigenvalue weighted by Crippen LogP contribution is 2.38. The first-order valence-electron chi connectivity index (χ1n) is 9.73. The number of ether oxygens (including phenoxy) is 2. The highest BCUT2D eigenvalue weighted by molar-refractivity contribution is 6.05. The molecule has 0 atom stereocenters. The SMILES string of the molecule is CCOc1c(/C(C)=C/C(=O)Nc2cc([N+](=O)[O-])ccc2OC)cc2c(C)coc2c1C. The lowest BCUT2D eigenvalue weighted by atomic mass is 9.98. The van der Waals surface area contributed by atoms with E-state index in [1.165, 1.54) is 31.4 Å². The van der Waals surface area contributed by atoms with Gasteiger partial charge in [-0.3, -0.25) is 14.9 Å². The molecule has 0 saturated carbocycles. The number of furan rings is 1. The van der Waals surface area contributed by atoms with Gasteiger partial charge in [-0.05, 0) is 51.0 Å². The molecule has 0 saturated heterocycles. The van der Waals surface area contributed by atoms with Crippen LogP contribution in [0, 0.1) is 24.0 Å². The average Bonchev–Trinajstić information content (AvgIpc) is 3.10. The highest BCUT2D eigenvalue weighted by atomic mass is 16.6. The molecule has 8 nitrogen and oxygen atoms in total. The van der Waals surface area contributed by atoms with Gasteiger partial charge < -0.3 is 19.2 Å². The summed E-state index contributed by atoms with van der Waals surface area (Å²) in [7, 11) is 1.43. The van der Waals surface area contributed by atoms with Gasteiger partial charge in [0, 0.05) is 34.7 Å². The molecular weight excluding hydrogens is 400 g/mol. The second-order valence-electron chi connectivity index (χ2n) is 7.06. The lowest BCUT2D eigenvalue weighted by Crippen LogP contribution is -2.10. The number of methoxy groups -OCH3 is 1.